The second-order valence-corrected chi connectivity index (χ2v) is 6.99. The number of rotatable bonds is 6. The Kier molecular flexibility index (Phi) is 6.59. The van der Waals surface area contributed by atoms with Crippen LogP contribution in [0.4, 0.5) is 26.3 Å². The van der Waals surface area contributed by atoms with Crippen LogP contribution >= 0.6 is 12.4 Å². The van der Waals surface area contributed by atoms with Gasteiger partial charge in [-0.2, -0.15) is 22.0 Å². The first kappa shape index (κ1) is 23.4. The van der Waals surface area contributed by atoms with Crippen LogP contribution in [-0.2, 0) is 17.5 Å². The Morgan fingerprint density at radius 3 is 2.48 bits per heavy atom. The summed E-state index contributed by atoms with van der Waals surface area (Å²) in [6.45, 7) is -1.94. The number of pyridine rings is 1. The average Bonchev–Trinajstić information content (AvgIpc) is 2.94. The monoisotopic (exact) mass is 469 g/mol. The minimum Gasteiger partial charge on any atom is -0.494 e. The van der Waals surface area contributed by atoms with Crippen molar-refractivity contribution in [3.63, 3.8) is 0 Å². The van der Waals surface area contributed by atoms with Crippen LogP contribution in [0.2, 0.25) is 0 Å². The van der Waals surface area contributed by atoms with Crippen LogP contribution in [0.15, 0.2) is 24.4 Å². The smallest absolute Gasteiger partial charge is 0.435 e. The molecule has 1 saturated heterocycles. The molecule has 1 fully saturated rings. The lowest BCUT2D eigenvalue weighted by Gasteiger charge is -2.38. The third kappa shape index (κ3) is 4.39. The number of likely N-dealkylation sites (tertiary alicyclic amines) is 1. The number of halogens is 7. The maximum atomic E-state index is 14.3. The minimum absolute atomic E-state index is 0. The lowest BCUT2D eigenvalue weighted by Crippen LogP contribution is -2.53. The van der Waals surface area contributed by atoms with E-state index in [4.69, 9.17) is 4.74 Å². The Morgan fingerprint density at radius 1 is 1.16 bits per heavy atom. The van der Waals surface area contributed by atoms with Gasteiger partial charge in [-0.3, -0.25) is 4.90 Å². The van der Waals surface area contributed by atoms with Gasteiger partial charge in [0.05, 0.1) is 24.2 Å². The largest absolute Gasteiger partial charge is 0.494 e. The van der Waals surface area contributed by atoms with E-state index in [9.17, 15) is 26.3 Å². The summed E-state index contributed by atoms with van der Waals surface area (Å²) in [5, 5.41) is 0.523. The first-order valence-corrected chi connectivity index (χ1v) is 9.06. The third-order valence-electron chi connectivity index (χ3n) is 5.17. The molecule has 0 atom stereocenters. The zero-order chi connectivity index (χ0) is 21.6. The van der Waals surface area contributed by atoms with Crippen molar-refractivity contribution < 1.29 is 35.8 Å². The fourth-order valence-electron chi connectivity index (χ4n) is 3.82. The van der Waals surface area contributed by atoms with Gasteiger partial charge in [0.2, 0.25) is 0 Å². The summed E-state index contributed by atoms with van der Waals surface area (Å²) >= 11 is 0. The molecular weight excluding hydrogens is 452 g/mol. The molecule has 5 nitrogen and oxygen atoms in total. The quantitative estimate of drug-likeness (QED) is 0.491. The zero-order valence-corrected chi connectivity index (χ0v) is 16.9. The van der Waals surface area contributed by atoms with Crippen LogP contribution in [-0.4, -0.2) is 53.9 Å². The standard InChI is InChI=1S/C19H17F6N3O2.ClH/c1-29-15-7-14-12(6-13(15)20)11-2-3-26-17(19(23,24)25)16(11)28(14)5-4-27-8-10(9-27)30-18(21)22;/h2-3,6-7,10,18H,4-5,8-9H2,1H3;1H. The number of ether oxygens (including phenoxy) is 2. The van der Waals surface area contributed by atoms with E-state index in [0.717, 1.165) is 12.3 Å². The van der Waals surface area contributed by atoms with Crippen molar-refractivity contribution in [1.29, 1.82) is 0 Å². The number of hydrogen-bond donors (Lipinski definition) is 0. The van der Waals surface area contributed by atoms with Gasteiger partial charge >= 0.3 is 12.8 Å². The summed E-state index contributed by atoms with van der Waals surface area (Å²) in [7, 11) is 1.27. The van der Waals surface area contributed by atoms with Crippen molar-refractivity contribution in [2.75, 3.05) is 26.7 Å². The molecule has 4 rings (SSSR count). The van der Waals surface area contributed by atoms with E-state index in [2.05, 4.69) is 9.72 Å². The number of aromatic nitrogens is 2. The van der Waals surface area contributed by atoms with Gasteiger partial charge in [0.25, 0.3) is 0 Å². The molecule has 0 radical (unpaired) electrons. The molecule has 0 saturated carbocycles. The third-order valence-corrected chi connectivity index (χ3v) is 5.17. The second kappa shape index (κ2) is 8.71. The topological polar surface area (TPSA) is 39.5 Å². The van der Waals surface area contributed by atoms with Gasteiger partial charge in [-0.1, -0.05) is 0 Å². The van der Waals surface area contributed by atoms with Crippen molar-refractivity contribution in [2.45, 2.75) is 25.4 Å². The van der Waals surface area contributed by atoms with Gasteiger partial charge < -0.3 is 14.0 Å². The molecule has 12 heteroatoms. The van der Waals surface area contributed by atoms with E-state index < -0.39 is 30.4 Å². The van der Waals surface area contributed by atoms with Crippen molar-refractivity contribution in [2.24, 2.45) is 0 Å². The average molecular weight is 470 g/mol. The van der Waals surface area contributed by atoms with E-state index in [1.165, 1.54) is 23.8 Å². The number of alkyl halides is 5. The van der Waals surface area contributed by atoms with E-state index in [1.54, 1.807) is 4.90 Å². The van der Waals surface area contributed by atoms with Crippen molar-refractivity contribution >= 4 is 34.2 Å². The molecule has 170 valence electrons. The highest BCUT2D eigenvalue weighted by molar-refractivity contribution is 6.09. The summed E-state index contributed by atoms with van der Waals surface area (Å²) in [6.07, 6.45) is -4.27. The van der Waals surface area contributed by atoms with Crippen LogP contribution in [0.5, 0.6) is 5.75 Å². The summed E-state index contributed by atoms with van der Waals surface area (Å²) in [5.41, 5.74) is -0.866. The molecular formula is C19H18ClF6N3O2. The summed E-state index contributed by atoms with van der Waals surface area (Å²) in [4.78, 5) is 5.30. The molecule has 0 unspecified atom stereocenters. The molecule has 0 amide bonds. The van der Waals surface area contributed by atoms with Crippen LogP contribution in [0.1, 0.15) is 5.69 Å². The summed E-state index contributed by atoms with van der Waals surface area (Å²) in [5.74, 6) is -0.786. The summed E-state index contributed by atoms with van der Waals surface area (Å²) < 4.78 is 90.5. The minimum atomic E-state index is -4.71. The van der Waals surface area contributed by atoms with Gasteiger partial charge in [-0.05, 0) is 12.1 Å². The molecule has 0 spiro atoms. The molecule has 0 bridgehead atoms. The van der Waals surface area contributed by atoms with Crippen LogP contribution in [0.25, 0.3) is 21.8 Å². The molecule has 2 aromatic heterocycles. The number of methoxy groups -OCH3 is 1. The lowest BCUT2D eigenvalue weighted by molar-refractivity contribution is -0.195. The number of benzene rings is 1. The second-order valence-electron chi connectivity index (χ2n) is 6.99. The first-order valence-electron chi connectivity index (χ1n) is 9.06. The van der Waals surface area contributed by atoms with E-state index in [1.807, 2.05) is 0 Å². The van der Waals surface area contributed by atoms with Crippen LogP contribution in [0.3, 0.4) is 0 Å². The van der Waals surface area contributed by atoms with E-state index in [0.29, 0.717) is 17.4 Å². The highest BCUT2D eigenvalue weighted by atomic mass is 35.5. The van der Waals surface area contributed by atoms with Gasteiger partial charge in [0, 0.05) is 49.2 Å². The maximum absolute atomic E-state index is 14.3. The van der Waals surface area contributed by atoms with Gasteiger partial charge in [-0.25, -0.2) is 9.37 Å². The number of fused-ring (bicyclic) bond motifs is 3. The van der Waals surface area contributed by atoms with Crippen molar-refractivity contribution in [1.82, 2.24) is 14.5 Å². The normalized spacial score (nSPS) is 15.5. The van der Waals surface area contributed by atoms with Gasteiger partial charge in [-0.15, -0.1) is 12.4 Å². The van der Waals surface area contributed by atoms with Crippen molar-refractivity contribution in [3.8, 4) is 5.75 Å². The zero-order valence-electron chi connectivity index (χ0n) is 16.1. The van der Waals surface area contributed by atoms with E-state index in [-0.39, 0.29) is 48.7 Å². The van der Waals surface area contributed by atoms with Gasteiger partial charge in [0.1, 0.15) is 0 Å². The highest BCUT2D eigenvalue weighted by Crippen LogP contribution is 2.39. The molecule has 0 N–H and O–H groups in total. The Labute approximate surface area is 178 Å². The number of hydrogen-bond acceptors (Lipinski definition) is 4. The van der Waals surface area contributed by atoms with Crippen LogP contribution < -0.4 is 4.74 Å². The Balaban J connectivity index is 0.00000272. The predicted octanol–water partition coefficient (Wildman–Crippen LogP) is 4.70. The molecule has 3 aromatic rings. The molecule has 0 aliphatic carbocycles. The summed E-state index contributed by atoms with van der Waals surface area (Å²) in [6, 6.07) is 3.90. The molecule has 3 heterocycles. The van der Waals surface area contributed by atoms with Crippen LogP contribution in [0, 0.1) is 5.82 Å². The maximum Gasteiger partial charge on any atom is 0.435 e. The SMILES string of the molecule is COc1cc2c(cc1F)c1ccnc(C(F)(F)F)c1n2CCN1CC(OC(F)F)C1.Cl. The van der Waals surface area contributed by atoms with E-state index >= 15 is 0 Å². The Morgan fingerprint density at radius 2 is 1.87 bits per heavy atom. The van der Waals surface area contributed by atoms with Crippen molar-refractivity contribution in [3.05, 3.63) is 35.9 Å². The molecule has 31 heavy (non-hydrogen) atoms. The Bertz CT molecular complexity index is 1080. The van der Waals surface area contributed by atoms with Gasteiger partial charge in [0.15, 0.2) is 17.3 Å². The fourth-order valence-corrected chi connectivity index (χ4v) is 3.82. The Hall–Kier alpha value is -2.24. The first-order chi connectivity index (χ1) is 14.2. The molecule has 1 aromatic carbocycles. The lowest BCUT2D eigenvalue weighted by atomic mass is 10.1. The highest BCUT2D eigenvalue weighted by Gasteiger charge is 2.37. The predicted molar refractivity (Wildman–Crippen MR) is 103 cm³/mol. The molecule has 1 aliphatic rings. The fraction of sp³-hybridized carbons (Fsp3) is 0.421. The number of nitrogens with zero attached hydrogens (tertiary/aromatic N) is 3. The molecule has 1 aliphatic heterocycles.